The van der Waals surface area contributed by atoms with Gasteiger partial charge in [-0.25, -0.2) is 0 Å². The van der Waals surface area contributed by atoms with E-state index in [9.17, 15) is 4.79 Å². The van der Waals surface area contributed by atoms with Crippen LogP contribution in [0.5, 0.6) is 0 Å². The van der Waals surface area contributed by atoms with E-state index in [1.807, 2.05) is 6.07 Å². The molecule has 0 bridgehead atoms. The highest BCUT2D eigenvalue weighted by Gasteiger charge is 2.10. The molecule has 2 N–H and O–H groups in total. The highest BCUT2D eigenvalue weighted by atomic mass is 35.5. The van der Waals surface area contributed by atoms with E-state index in [1.165, 1.54) is 6.20 Å². The van der Waals surface area contributed by atoms with Crippen LogP contribution >= 0.6 is 11.6 Å². The molecule has 0 fully saturated rings. The third kappa shape index (κ3) is 4.09. The SMILES string of the molecule is Cc1cc(N/C=C(/C#N)C(=O)Nc2cccc(Cl)c2)no1. The van der Waals surface area contributed by atoms with Gasteiger partial charge in [-0.15, -0.1) is 0 Å². The lowest BCUT2D eigenvalue weighted by Crippen LogP contribution is -2.14. The van der Waals surface area contributed by atoms with Gasteiger partial charge in [0.25, 0.3) is 5.91 Å². The average Bonchev–Trinajstić information content (AvgIpc) is 2.85. The molecule has 0 saturated carbocycles. The van der Waals surface area contributed by atoms with Crippen LogP contribution in [0.15, 0.2) is 46.6 Å². The van der Waals surface area contributed by atoms with Crippen molar-refractivity contribution in [3.8, 4) is 6.07 Å². The Hall–Kier alpha value is -2.78. The molecule has 1 aromatic heterocycles. The highest BCUT2D eigenvalue weighted by Crippen LogP contribution is 2.15. The fraction of sp³-hybridized carbons (Fsp3) is 0.0714. The zero-order valence-corrected chi connectivity index (χ0v) is 11.8. The Morgan fingerprint density at radius 3 is 2.90 bits per heavy atom. The lowest BCUT2D eigenvalue weighted by Gasteiger charge is -2.04. The minimum Gasteiger partial charge on any atom is -0.360 e. The van der Waals surface area contributed by atoms with Crippen molar-refractivity contribution in [2.45, 2.75) is 6.92 Å². The number of aryl methyl sites for hydroxylation is 1. The number of amides is 1. The van der Waals surface area contributed by atoms with Crippen molar-refractivity contribution >= 4 is 29.0 Å². The first kappa shape index (κ1) is 14.6. The van der Waals surface area contributed by atoms with Crippen molar-refractivity contribution in [1.82, 2.24) is 5.16 Å². The van der Waals surface area contributed by atoms with Crippen LogP contribution in [0.1, 0.15) is 5.76 Å². The Morgan fingerprint density at radius 2 is 2.29 bits per heavy atom. The maximum absolute atomic E-state index is 12.0. The van der Waals surface area contributed by atoms with Crippen molar-refractivity contribution < 1.29 is 9.32 Å². The van der Waals surface area contributed by atoms with Crippen LogP contribution in [0.2, 0.25) is 5.02 Å². The van der Waals surface area contributed by atoms with E-state index < -0.39 is 5.91 Å². The van der Waals surface area contributed by atoms with Gasteiger partial charge < -0.3 is 15.2 Å². The Kier molecular flexibility index (Phi) is 4.59. The Labute approximate surface area is 126 Å². The molecule has 0 spiro atoms. The summed E-state index contributed by atoms with van der Waals surface area (Å²) in [6, 6.07) is 10.1. The number of nitrogens with zero attached hydrogens (tertiary/aromatic N) is 2. The molecule has 0 radical (unpaired) electrons. The molecule has 0 atom stereocenters. The Morgan fingerprint density at radius 1 is 1.48 bits per heavy atom. The maximum Gasteiger partial charge on any atom is 0.267 e. The highest BCUT2D eigenvalue weighted by molar-refractivity contribution is 6.31. The molecule has 2 aromatic rings. The number of hydrogen-bond donors (Lipinski definition) is 2. The second-order valence-electron chi connectivity index (χ2n) is 4.10. The molecule has 0 saturated heterocycles. The molecule has 0 aliphatic heterocycles. The van der Waals surface area contributed by atoms with Gasteiger partial charge >= 0.3 is 0 Å². The summed E-state index contributed by atoms with van der Waals surface area (Å²) in [6.45, 7) is 1.74. The number of anilines is 2. The van der Waals surface area contributed by atoms with E-state index in [0.29, 0.717) is 22.3 Å². The smallest absolute Gasteiger partial charge is 0.267 e. The van der Waals surface area contributed by atoms with Crippen LogP contribution in [0.25, 0.3) is 0 Å². The predicted molar refractivity (Wildman–Crippen MR) is 78.6 cm³/mol. The van der Waals surface area contributed by atoms with E-state index >= 15 is 0 Å². The second kappa shape index (κ2) is 6.59. The van der Waals surface area contributed by atoms with Crippen LogP contribution in [-0.4, -0.2) is 11.1 Å². The molecule has 0 aliphatic carbocycles. The van der Waals surface area contributed by atoms with Crippen molar-refractivity contribution in [2.24, 2.45) is 0 Å². The van der Waals surface area contributed by atoms with Crippen molar-refractivity contribution in [1.29, 1.82) is 5.26 Å². The van der Waals surface area contributed by atoms with Crippen LogP contribution in [0.3, 0.4) is 0 Å². The number of aromatic nitrogens is 1. The summed E-state index contributed by atoms with van der Waals surface area (Å²) >= 11 is 5.82. The number of nitrogens with one attached hydrogen (secondary N) is 2. The van der Waals surface area contributed by atoms with E-state index in [-0.39, 0.29) is 5.57 Å². The summed E-state index contributed by atoms with van der Waals surface area (Å²) < 4.78 is 4.86. The molecular formula is C14H11ClN4O2. The quantitative estimate of drug-likeness (QED) is 0.669. The van der Waals surface area contributed by atoms with Crippen molar-refractivity contribution in [3.63, 3.8) is 0 Å². The molecule has 1 amide bonds. The monoisotopic (exact) mass is 302 g/mol. The normalized spacial score (nSPS) is 10.8. The molecule has 6 nitrogen and oxygen atoms in total. The Balaban J connectivity index is 2.06. The number of carbonyl (C=O) groups is 1. The zero-order chi connectivity index (χ0) is 15.2. The van der Waals surface area contributed by atoms with E-state index in [4.69, 9.17) is 21.4 Å². The van der Waals surface area contributed by atoms with Crippen molar-refractivity contribution in [3.05, 3.63) is 52.9 Å². The number of hydrogen-bond acceptors (Lipinski definition) is 5. The number of halogens is 1. The van der Waals surface area contributed by atoms with E-state index in [0.717, 1.165) is 0 Å². The molecule has 2 rings (SSSR count). The van der Waals surface area contributed by atoms with Crippen LogP contribution in [0.4, 0.5) is 11.5 Å². The van der Waals surface area contributed by atoms with Gasteiger partial charge in [0.15, 0.2) is 5.82 Å². The second-order valence-corrected chi connectivity index (χ2v) is 4.54. The maximum atomic E-state index is 12.0. The van der Waals surface area contributed by atoms with Gasteiger partial charge in [-0.05, 0) is 25.1 Å². The lowest BCUT2D eigenvalue weighted by atomic mass is 10.2. The summed E-state index contributed by atoms with van der Waals surface area (Å²) in [6.07, 6.45) is 1.26. The van der Waals surface area contributed by atoms with Crippen LogP contribution in [-0.2, 0) is 4.79 Å². The third-order valence-corrected chi connectivity index (χ3v) is 2.68. The Bertz CT molecular complexity index is 731. The van der Waals surface area contributed by atoms with Gasteiger partial charge in [-0.2, -0.15) is 5.26 Å². The summed E-state index contributed by atoms with van der Waals surface area (Å²) in [5.41, 5.74) is 0.404. The first-order chi connectivity index (χ1) is 10.1. The molecule has 21 heavy (non-hydrogen) atoms. The zero-order valence-electron chi connectivity index (χ0n) is 11.1. The van der Waals surface area contributed by atoms with Gasteiger partial charge in [0, 0.05) is 23.0 Å². The molecule has 106 valence electrons. The fourth-order valence-electron chi connectivity index (χ4n) is 1.49. The summed E-state index contributed by atoms with van der Waals surface area (Å²) in [7, 11) is 0. The largest absolute Gasteiger partial charge is 0.360 e. The van der Waals surface area contributed by atoms with Gasteiger partial charge in [0.1, 0.15) is 17.4 Å². The van der Waals surface area contributed by atoms with Gasteiger partial charge in [-0.1, -0.05) is 22.8 Å². The predicted octanol–water partition coefficient (Wildman–Crippen LogP) is 3.09. The average molecular weight is 303 g/mol. The number of benzene rings is 1. The van der Waals surface area contributed by atoms with Crippen molar-refractivity contribution in [2.75, 3.05) is 10.6 Å². The first-order valence-corrected chi connectivity index (χ1v) is 6.33. The van der Waals surface area contributed by atoms with Gasteiger partial charge in [0.05, 0.1) is 0 Å². The standard InChI is InChI=1S/C14H11ClN4O2/c1-9-5-13(19-21-9)17-8-10(7-16)14(20)18-12-4-2-3-11(15)6-12/h2-6,8H,1H3,(H,17,19)(H,18,20)/b10-8-. The summed E-state index contributed by atoms with van der Waals surface area (Å²) in [5, 5.41) is 18.5. The minimum atomic E-state index is -0.549. The number of rotatable bonds is 4. The number of nitriles is 1. The molecule has 1 aromatic carbocycles. The van der Waals surface area contributed by atoms with Crippen LogP contribution < -0.4 is 10.6 Å². The molecule has 0 aliphatic rings. The minimum absolute atomic E-state index is 0.101. The van der Waals surface area contributed by atoms with Gasteiger partial charge in [0.2, 0.25) is 0 Å². The van der Waals surface area contributed by atoms with Crippen LogP contribution in [0, 0.1) is 18.3 Å². The summed E-state index contributed by atoms with van der Waals surface area (Å²) in [4.78, 5) is 12.0. The van der Waals surface area contributed by atoms with E-state index in [2.05, 4.69) is 15.8 Å². The molecule has 0 unspecified atom stereocenters. The molecule has 7 heteroatoms. The first-order valence-electron chi connectivity index (χ1n) is 5.95. The van der Waals surface area contributed by atoms with E-state index in [1.54, 1.807) is 37.3 Å². The third-order valence-electron chi connectivity index (χ3n) is 2.44. The number of carbonyl (C=O) groups excluding carboxylic acids is 1. The summed E-state index contributed by atoms with van der Waals surface area (Å²) in [5.74, 6) is 0.482. The van der Waals surface area contributed by atoms with Gasteiger partial charge in [-0.3, -0.25) is 4.79 Å². The molecule has 1 heterocycles. The fourth-order valence-corrected chi connectivity index (χ4v) is 1.68. The topological polar surface area (TPSA) is 91.0 Å². The lowest BCUT2D eigenvalue weighted by molar-refractivity contribution is -0.112. The molecular weight excluding hydrogens is 292 g/mol.